The number of aliphatic hydroxyl groups is 1. The monoisotopic (exact) mass is 780 g/mol. The smallest absolute Gasteiger partial charge is 0.327 e. The van der Waals surface area contributed by atoms with E-state index in [1.165, 1.54) is 37.7 Å². The molecule has 0 saturated carbocycles. The minimum Gasteiger partial charge on any atom is -0.451 e. The Morgan fingerprint density at radius 3 is 2.14 bits per heavy atom. The van der Waals surface area contributed by atoms with E-state index in [4.69, 9.17) is 10.5 Å². The largest absolute Gasteiger partial charge is 0.451 e. The van der Waals surface area contributed by atoms with E-state index in [-0.39, 0.29) is 12.8 Å². The van der Waals surface area contributed by atoms with Gasteiger partial charge in [0.05, 0.1) is 17.7 Å². The number of hydrogen-bond donors (Lipinski definition) is 3. The van der Waals surface area contributed by atoms with Crippen molar-refractivity contribution in [3.05, 3.63) is 102 Å². The lowest BCUT2D eigenvalue weighted by Crippen LogP contribution is -2.56. The predicted octanol–water partition coefficient (Wildman–Crippen LogP) is 3.60. The van der Waals surface area contributed by atoms with E-state index in [2.05, 4.69) is 10.3 Å². The number of benzene rings is 3. The quantitative estimate of drug-likeness (QED) is 0.128. The van der Waals surface area contributed by atoms with Gasteiger partial charge in [-0.3, -0.25) is 33.9 Å². The summed E-state index contributed by atoms with van der Waals surface area (Å²) < 4.78 is 5.72. The molecule has 13 nitrogen and oxygen atoms in total. The number of primary amides is 1. The fourth-order valence-electron chi connectivity index (χ4n) is 6.92. The topological polar surface area (TPSA) is 175 Å². The Hall–Kier alpha value is -5.66. The molecule has 13 heteroatoms. The molecule has 0 radical (unpaired) electrons. The summed E-state index contributed by atoms with van der Waals surface area (Å²) in [5.41, 5.74) is 8.69. The van der Waals surface area contributed by atoms with Crippen LogP contribution >= 0.6 is 0 Å². The molecule has 4 aromatic rings. The number of carbonyl (C=O) groups excluding carboxylic acids is 5. The molecule has 4 amide bonds. The molecule has 0 aliphatic carbocycles. The summed E-state index contributed by atoms with van der Waals surface area (Å²) in [6.45, 7) is 6.11. The lowest BCUT2D eigenvalue weighted by Gasteiger charge is -2.35. The van der Waals surface area contributed by atoms with E-state index in [0.29, 0.717) is 6.42 Å². The number of amides is 4. The molecule has 4 unspecified atom stereocenters. The lowest BCUT2D eigenvalue weighted by molar-refractivity contribution is -0.173. The van der Waals surface area contributed by atoms with Gasteiger partial charge in [-0.1, -0.05) is 86.6 Å². The average molecular weight is 781 g/mol. The van der Waals surface area contributed by atoms with Crippen molar-refractivity contribution in [3.8, 4) is 11.1 Å². The highest BCUT2D eigenvalue weighted by atomic mass is 16.6. The third-order valence-electron chi connectivity index (χ3n) is 10.2. The number of ether oxygens (including phenoxy) is 1. The minimum absolute atomic E-state index is 0.0976. The summed E-state index contributed by atoms with van der Waals surface area (Å²) in [4.78, 5) is 76.2. The van der Waals surface area contributed by atoms with Crippen LogP contribution in [0.3, 0.4) is 0 Å². The molecule has 4 rings (SSSR count). The van der Waals surface area contributed by atoms with Gasteiger partial charge in [0.25, 0.3) is 5.91 Å². The zero-order chi connectivity index (χ0) is 42.0. The Balaban J connectivity index is 1.52. The van der Waals surface area contributed by atoms with Gasteiger partial charge >= 0.3 is 5.97 Å². The maximum Gasteiger partial charge on any atom is 0.327 e. The number of hydrogen-bond acceptors (Lipinski definition) is 9. The number of nitrogens with zero attached hydrogens (tertiary/aromatic N) is 4. The number of nitrogens with two attached hydrogens (primary N) is 1. The summed E-state index contributed by atoms with van der Waals surface area (Å²) in [6.07, 6.45) is 1.22. The van der Waals surface area contributed by atoms with Gasteiger partial charge in [-0.25, -0.2) is 0 Å². The van der Waals surface area contributed by atoms with Gasteiger partial charge in [0.2, 0.25) is 17.7 Å². The Morgan fingerprint density at radius 1 is 0.842 bits per heavy atom. The van der Waals surface area contributed by atoms with Crippen LogP contribution in [0.5, 0.6) is 0 Å². The number of likely N-dealkylation sites (N-methyl/N-ethyl adjacent to an activating group) is 3. The summed E-state index contributed by atoms with van der Waals surface area (Å²) in [5, 5.41) is 14.4. The number of fused-ring (bicyclic) bond motifs is 1. The number of esters is 1. The molecule has 1 aromatic heterocycles. The van der Waals surface area contributed by atoms with Gasteiger partial charge in [0.1, 0.15) is 18.1 Å². The molecular formula is C44H56N6O7. The zero-order valence-corrected chi connectivity index (χ0v) is 34.1. The number of pyridine rings is 1. The highest BCUT2D eigenvalue weighted by Gasteiger charge is 2.41. The van der Waals surface area contributed by atoms with Crippen molar-refractivity contribution in [1.29, 1.82) is 0 Å². The Kier molecular flexibility index (Phi) is 15.0. The van der Waals surface area contributed by atoms with Crippen molar-refractivity contribution >= 4 is 40.5 Å². The van der Waals surface area contributed by atoms with E-state index in [0.717, 1.165) is 38.1 Å². The highest BCUT2D eigenvalue weighted by molar-refractivity contribution is 5.94. The van der Waals surface area contributed by atoms with Crippen molar-refractivity contribution in [2.24, 2.45) is 11.7 Å². The number of aromatic nitrogens is 1. The fourth-order valence-corrected chi connectivity index (χ4v) is 6.92. The van der Waals surface area contributed by atoms with Crippen LogP contribution in [-0.4, -0.2) is 119 Å². The van der Waals surface area contributed by atoms with Gasteiger partial charge in [-0.05, 0) is 68.8 Å². The van der Waals surface area contributed by atoms with Crippen molar-refractivity contribution in [2.75, 3.05) is 34.7 Å². The molecular weight excluding hydrogens is 725 g/mol. The molecule has 57 heavy (non-hydrogen) atoms. The zero-order valence-electron chi connectivity index (χ0n) is 34.1. The second kappa shape index (κ2) is 19.5. The second-order valence-corrected chi connectivity index (χ2v) is 15.4. The van der Waals surface area contributed by atoms with E-state index in [1.807, 2.05) is 91.9 Å². The Labute approximate surface area is 335 Å². The predicted molar refractivity (Wildman–Crippen MR) is 219 cm³/mol. The molecule has 0 fully saturated rings. The van der Waals surface area contributed by atoms with Crippen molar-refractivity contribution in [1.82, 2.24) is 25.0 Å². The van der Waals surface area contributed by atoms with Crippen molar-refractivity contribution in [3.63, 3.8) is 0 Å². The Morgan fingerprint density at radius 2 is 1.51 bits per heavy atom. The summed E-state index contributed by atoms with van der Waals surface area (Å²) >= 11 is 0. The van der Waals surface area contributed by atoms with Crippen LogP contribution < -0.4 is 11.1 Å². The van der Waals surface area contributed by atoms with E-state index < -0.39 is 71.9 Å². The molecule has 0 spiro atoms. The Bertz CT molecular complexity index is 2030. The molecule has 1 heterocycles. The number of nitrogens with one attached hydrogen (secondary N) is 1. The van der Waals surface area contributed by atoms with E-state index in [1.54, 1.807) is 27.2 Å². The molecule has 5 atom stereocenters. The lowest BCUT2D eigenvalue weighted by atomic mass is 9.97. The first-order chi connectivity index (χ1) is 26.9. The first kappa shape index (κ1) is 44.1. The third-order valence-corrected chi connectivity index (χ3v) is 10.2. The summed E-state index contributed by atoms with van der Waals surface area (Å²) in [7, 11) is 6.14. The van der Waals surface area contributed by atoms with Crippen LogP contribution in [0, 0.1) is 5.92 Å². The van der Waals surface area contributed by atoms with E-state index in [9.17, 15) is 29.1 Å². The van der Waals surface area contributed by atoms with Crippen LogP contribution in [0.2, 0.25) is 0 Å². The van der Waals surface area contributed by atoms with Gasteiger partial charge < -0.3 is 30.7 Å². The van der Waals surface area contributed by atoms with Crippen LogP contribution in [0.15, 0.2) is 91.1 Å². The van der Waals surface area contributed by atoms with Crippen molar-refractivity contribution in [2.45, 2.75) is 76.8 Å². The molecule has 304 valence electrons. The highest BCUT2D eigenvalue weighted by Crippen LogP contribution is 2.25. The maximum absolute atomic E-state index is 14.2. The third kappa shape index (κ3) is 11.7. The number of carbonyl (C=O) groups is 5. The molecule has 3 aromatic carbocycles. The van der Waals surface area contributed by atoms with Gasteiger partial charge in [0, 0.05) is 44.4 Å². The fraction of sp³-hybridized carbons (Fsp3) is 0.409. The van der Waals surface area contributed by atoms with Crippen LogP contribution in [0.4, 0.5) is 0 Å². The first-order valence-electron chi connectivity index (χ1n) is 19.1. The maximum atomic E-state index is 14.2. The van der Waals surface area contributed by atoms with Gasteiger partial charge in [0.15, 0.2) is 6.10 Å². The second-order valence-electron chi connectivity index (χ2n) is 15.4. The first-order valence-corrected chi connectivity index (χ1v) is 19.1. The molecule has 0 aliphatic heterocycles. The van der Waals surface area contributed by atoms with E-state index >= 15 is 0 Å². The van der Waals surface area contributed by atoms with Gasteiger partial charge in [-0.2, -0.15) is 0 Å². The molecule has 0 aliphatic rings. The van der Waals surface area contributed by atoms with Crippen LogP contribution in [0.25, 0.3) is 22.0 Å². The average Bonchev–Trinajstić information content (AvgIpc) is 3.17. The van der Waals surface area contributed by atoms with Crippen molar-refractivity contribution < 1.29 is 33.8 Å². The standard InChI is InChI=1S/C44H56N6O7/c1-9-28(2)38(57-43(55)39(48(5)6)44(3,4)56)42(54)49(7)27-37(51)47-35(24-29-15-11-10-12-16-29)41(53)50(8)36(40(45)52)25-30-17-13-18-32(23-30)33-21-20-31-19-14-22-46-34(31)26-33/h10-23,26,28,35-36,38-39,56H,9,24-25,27H2,1-8H3,(H2,45,52)(H,47,51)/t28-,35?,36?,38?,39?/m1/s1. The summed E-state index contributed by atoms with van der Waals surface area (Å²) in [6, 6.07) is 23.4. The summed E-state index contributed by atoms with van der Waals surface area (Å²) in [5.74, 6) is -3.70. The minimum atomic E-state index is -1.46. The molecule has 4 N–H and O–H groups in total. The van der Waals surface area contributed by atoms with Crippen LogP contribution in [-0.2, 0) is 41.6 Å². The van der Waals surface area contributed by atoms with Gasteiger partial charge in [-0.15, -0.1) is 0 Å². The molecule has 0 bridgehead atoms. The number of rotatable bonds is 18. The van der Waals surface area contributed by atoms with Crippen LogP contribution in [0.1, 0.15) is 45.2 Å². The normalized spacial score (nSPS) is 14.2. The molecule has 0 saturated heterocycles. The SMILES string of the molecule is CC[C@@H](C)C(OC(=O)C(N(C)C)C(C)(C)O)C(=O)N(C)CC(=O)NC(Cc1ccccc1)C(=O)N(C)C(Cc1cccc(-c2ccc3cccnc3c2)c1)C(N)=O.